The van der Waals surface area contributed by atoms with Crippen LogP contribution in [0.4, 0.5) is 16.0 Å². The number of aromatic nitrogens is 2. The van der Waals surface area contributed by atoms with Crippen molar-refractivity contribution in [1.29, 1.82) is 0 Å². The lowest BCUT2D eigenvalue weighted by Crippen LogP contribution is -2.34. The van der Waals surface area contributed by atoms with Crippen LogP contribution in [0, 0.1) is 5.82 Å². The highest BCUT2D eigenvalue weighted by Gasteiger charge is 2.21. The molecule has 0 atom stereocenters. The first kappa shape index (κ1) is 19.1. The van der Waals surface area contributed by atoms with Gasteiger partial charge in [-0.25, -0.2) is 19.2 Å². The molecule has 1 aromatic heterocycles. The minimum atomic E-state index is -0.474. The molecule has 0 bridgehead atoms. The maximum Gasteiger partial charge on any atom is 0.341 e. The summed E-state index contributed by atoms with van der Waals surface area (Å²) in [5.74, 6) is -0.0673. The molecule has 2 heterocycles. The molecule has 29 heavy (non-hydrogen) atoms. The van der Waals surface area contributed by atoms with Gasteiger partial charge in [0.05, 0.1) is 12.6 Å². The predicted octanol–water partition coefficient (Wildman–Crippen LogP) is 3.43. The highest BCUT2D eigenvalue weighted by molar-refractivity contribution is 5.97. The molecule has 150 valence electrons. The van der Waals surface area contributed by atoms with Gasteiger partial charge < -0.3 is 20.1 Å². The Morgan fingerprint density at radius 1 is 1.24 bits per heavy atom. The normalized spacial score (nSPS) is 14.6. The Hall–Kier alpha value is -3.26. The number of hydrogen-bond donors (Lipinski definition) is 2. The third-order valence-corrected chi connectivity index (χ3v) is 4.75. The standard InChI is InChI=1S/C21H21FN4O3/c1-28-20(27)17-9-13-12-24-21(25-15-4-2-3-14(22)10-15)26-18(13)11-19(17)29-16-5-7-23-8-6-16/h2-4,9-12,16,23H,5-8H2,1H3,(H,24,25,26). The van der Waals surface area contributed by atoms with Crippen LogP contribution in [0.3, 0.4) is 0 Å². The largest absolute Gasteiger partial charge is 0.489 e. The third-order valence-electron chi connectivity index (χ3n) is 4.75. The zero-order valence-corrected chi connectivity index (χ0v) is 15.9. The molecule has 0 radical (unpaired) electrons. The van der Waals surface area contributed by atoms with E-state index in [4.69, 9.17) is 9.47 Å². The first-order chi connectivity index (χ1) is 14.1. The van der Waals surface area contributed by atoms with E-state index in [9.17, 15) is 9.18 Å². The van der Waals surface area contributed by atoms with Crippen molar-refractivity contribution in [3.8, 4) is 5.75 Å². The van der Waals surface area contributed by atoms with E-state index in [1.165, 1.54) is 19.2 Å². The van der Waals surface area contributed by atoms with Gasteiger partial charge in [0.1, 0.15) is 23.2 Å². The maximum atomic E-state index is 13.4. The van der Waals surface area contributed by atoms with E-state index in [-0.39, 0.29) is 11.9 Å². The molecule has 0 unspecified atom stereocenters. The average molecular weight is 396 g/mol. The molecular weight excluding hydrogens is 375 g/mol. The summed E-state index contributed by atoms with van der Waals surface area (Å²) in [6, 6.07) is 9.45. The molecule has 1 fully saturated rings. The first-order valence-corrected chi connectivity index (χ1v) is 9.41. The van der Waals surface area contributed by atoms with Gasteiger partial charge in [0.25, 0.3) is 0 Å². The number of anilines is 2. The summed E-state index contributed by atoms with van der Waals surface area (Å²) < 4.78 is 24.4. The SMILES string of the molecule is COC(=O)c1cc2cnc(Nc3cccc(F)c3)nc2cc1OC1CCNCC1. The Balaban J connectivity index is 1.68. The number of methoxy groups -OCH3 is 1. The molecule has 1 aliphatic heterocycles. The number of ether oxygens (including phenoxy) is 2. The number of nitrogens with one attached hydrogen (secondary N) is 2. The summed E-state index contributed by atoms with van der Waals surface area (Å²) in [5.41, 5.74) is 1.49. The summed E-state index contributed by atoms with van der Waals surface area (Å²) in [6.07, 6.45) is 3.33. The molecule has 3 aromatic rings. The molecular formula is C21H21FN4O3. The Labute approximate surface area is 167 Å². The van der Waals surface area contributed by atoms with Gasteiger partial charge in [-0.2, -0.15) is 0 Å². The van der Waals surface area contributed by atoms with Gasteiger partial charge in [0.2, 0.25) is 5.95 Å². The van der Waals surface area contributed by atoms with Gasteiger partial charge in [-0.05, 0) is 50.2 Å². The van der Waals surface area contributed by atoms with Crippen molar-refractivity contribution in [2.75, 3.05) is 25.5 Å². The topological polar surface area (TPSA) is 85.4 Å². The lowest BCUT2D eigenvalue weighted by atomic mass is 10.1. The lowest BCUT2D eigenvalue weighted by Gasteiger charge is -2.24. The molecule has 1 aliphatic rings. The number of carbonyl (C=O) groups is 1. The van der Waals surface area contributed by atoms with E-state index in [2.05, 4.69) is 20.6 Å². The van der Waals surface area contributed by atoms with Crippen LogP contribution >= 0.6 is 0 Å². The minimum Gasteiger partial charge on any atom is -0.489 e. The van der Waals surface area contributed by atoms with Crippen LogP contribution in [-0.2, 0) is 4.74 Å². The number of carbonyl (C=O) groups excluding carboxylic acids is 1. The molecule has 2 N–H and O–H groups in total. The molecule has 0 saturated carbocycles. The maximum absolute atomic E-state index is 13.4. The molecule has 0 spiro atoms. The van der Waals surface area contributed by atoms with E-state index in [0.717, 1.165) is 25.9 Å². The Morgan fingerprint density at radius 2 is 2.07 bits per heavy atom. The monoisotopic (exact) mass is 396 g/mol. The van der Waals surface area contributed by atoms with Crippen LogP contribution in [0.25, 0.3) is 10.9 Å². The molecule has 2 aromatic carbocycles. The lowest BCUT2D eigenvalue weighted by molar-refractivity contribution is 0.0591. The second-order valence-electron chi connectivity index (χ2n) is 6.79. The van der Waals surface area contributed by atoms with Crippen molar-refractivity contribution < 1.29 is 18.7 Å². The fraction of sp³-hybridized carbons (Fsp3) is 0.286. The highest BCUT2D eigenvalue weighted by Crippen LogP contribution is 2.29. The zero-order chi connectivity index (χ0) is 20.2. The van der Waals surface area contributed by atoms with E-state index in [1.807, 2.05) is 0 Å². The third kappa shape index (κ3) is 4.43. The van der Waals surface area contributed by atoms with Crippen molar-refractivity contribution in [3.63, 3.8) is 0 Å². The number of piperidine rings is 1. The van der Waals surface area contributed by atoms with Gasteiger partial charge in [-0.1, -0.05) is 6.07 Å². The number of fused-ring (bicyclic) bond motifs is 1. The van der Waals surface area contributed by atoms with Crippen LogP contribution in [0.2, 0.25) is 0 Å². The van der Waals surface area contributed by atoms with Gasteiger partial charge in [0.15, 0.2) is 0 Å². The van der Waals surface area contributed by atoms with Crippen molar-refractivity contribution in [3.05, 3.63) is 54.0 Å². The van der Waals surface area contributed by atoms with Crippen molar-refractivity contribution in [1.82, 2.24) is 15.3 Å². The number of hydrogen-bond acceptors (Lipinski definition) is 7. The summed E-state index contributed by atoms with van der Waals surface area (Å²) in [7, 11) is 1.34. The molecule has 0 aliphatic carbocycles. The summed E-state index contributed by atoms with van der Waals surface area (Å²) in [4.78, 5) is 21.0. The second kappa shape index (κ2) is 8.40. The van der Waals surface area contributed by atoms with E-state index < -0.39 is 5.97 Å². The van der Waals surface area contributed by atoms with E-state index in [1.54, 1.807) is 30.5 Å². The fourth-order valence-electron chi connectivity index (χ4n) is 3.28. The quantitative estimate of drug-likeness (QED) is 0.639. The smallest absolute Gasteiger partial charge is 0.341 e. The van der Waals surface area contributed by atoms with Crippen molar-refractivity contribution >= 4 is 28.5 Å². The first-order valence-electron chi connectivity index (χ1n) is 9.41. The average Bonchev–Trinajstić information content (AvgIpc) is 2.73. The number of halogens is 1. The molecule has 8 heteroatoms. The number of rotatable bonds is 5. The van der Waals surface area contributed by atoms with Crippen molar-refractivity contribution in [2.24, 2.45) is 0 Å². The van der Waals surface area contributed by atoms with E-state index in [0.29, 0.717) is 33.9 Å². The van der Waals surface area contributed by atoms with Crippen LogP contribution in [-0.4, -0.2) is 42.2 Å². The predicted molar refractivity (Wildman–Crippen MR) is 107 cm³/mol. The molecule has 7 nitrogen and oxygen atoms in total. The zero-order valence-electron chi connectivity index (χ0n) is 15.9. The van der Waals surface area contributed by atoms with Gasteiger partial charge in [-0.3, -0.25) is 0 Å². The number of benzene rings is 2. The molecule has 1 saturated heterocycles. The van der Waals surface area contributed by atoms with Gasteiger partial charge >= 0.3 is 5.97 Å². The Kier molecular flexibility index (Phi) is 5.53. The summed E-state index contributed by atoms with van der Waals surface area (Å²) in [6.45, 7) is 1.74. The Morgan fingerprint density at radius 3 is 2.83 bits per heavy atom. The fourth-order valence-corrected chi connectivity index (χ4v) is 3.28. The van der Waals surface area contributed by atoms with Crippen LogP contribution in [0.5, 0.6) is 5.75 Å². The number of esters is 1. The molecule has 0 amide bonds. The molecule has 4 rings (SSSR count). The van der Waals surface area contributed by atoms with Crippen LogP contribution in [0.1, 0.15) is 23.2 Å². The van der Waals surface area contributed by atoms with Crippen LogP contribution < -0.4 is 15.4 Å². The summed E-state index contributed by atoms with van der Waals surface area (Å²) in [5, 5.41) is 6.94. The number of nitrogens with zero attached hydrogens (tertiary/aromatic N) is 2. The summed E-state index contributed by atoms with van der Waals surface area (Å²) >= 11 is 0. The van der Waals surface area contributed by atoms with Gasteiger partial charge in [-0.15, -0.1) is 0 Å². The van der Waals surface area contributed by atoms with Gasteiger partial charge in [0, 0.05) is 23.3 Å². The van der Waals surface area contributed by atoms with Crippen LogP contribution in [0.15, 0.2) is 42.6 Å². The Bertz CT molecular complexity index is 1040. The minimum absolute atomic E-state index is 0.0174. The highest BCUT2D eigenvalue weighted by atomic mass is 19.1. The van der Waals surface area contributed by atoms with E-state index >= 15 is 0 Å². The second-order valence-corrected chi connectivity index (χ2v) is 6.79. The van der Waals surface area contributed by atoms with Crippen molar-refractivity contribution in [2.45, 2.75) is 18.9 Å².